The molecule has 0 unspecified atom stereocenters. The van der Waals surface area contributed by atoms with Crippen molar-refractivity contribution in [2.75, 3.05) is 5.32 Å². The molecule has 0 bridgehead atoms. The third-order valence-electron chi connectivity index (χ3n) is 3.59. The van der Waals surface area contributed by atoms with E-state index in [-0.39, 0.29) is 5.84 Å². The molecule has 1 aliphatic rings. The zero-order valence-electron chi connectivity index (χ0n) is 11.2. The first-order valence-electron chi connectivity index (χ1n) is 6.49. The van der Waals surface area contributed by atoms with E-state index in [1.807, 2.05) is 0 Å². The van der Waals surface area contributed by atoms with Gasteiger partial charge in [-0.3, -0.25) is 0 Å². The Morgan fingerprint density at radius 2 is 1.95 bits per heavy atom. The van der Waals surface area contributed by atoms with Crippen molar-refractivity contribution in [1.82, 2.24) is 5.32 Å². The fraction of sp³-hybridized carbons (Fsp3) is 0.385. The highest BCUT2D eigenvalue weighted by Gasteiger charge is 2.39. The number of amides is 2. The van der Waals surface area contributed by atoms with Gasteiger partial charge in [-0.1, -0.05) is 41.2 Å². The Kier molecular flexibility index (Phi) is 4.80. The van der Waals surface area contributed by atoms with E-state index in [9.17, 15) is 4.79 Å². The summed E-state index contributed by atoms with van der Waals surface area (Å²) in [4.78, 5) is 12.1. The van der Waals surface area contributed by atoms with Crippen molar-refractivity contribution in [3.05, 3.63) is 28.2 Å². The number of halogens is 2. The van der Waals surface area contributed by atoms with Crippen molar-refractivity contribution in [2.45, 2.75) is 31.2 Å². The molecule has 0 saturated heterocycles. The second kappa shape index (κ2) is 6.41. The van der Waals surface area contributed by atoms with Gasteiger partial charge in [-0.25, -0.2) is 4.79 Å². The Bertz CT molecular complexity index is 571. The monoisotopic (exact) mass is 330 g/mol. The summed E-state index contributed by atoms with van der Waals surface area (Å²) in [7, 11) is 0. The Morgan fingerprint density at radius 3 is 2.52 bits per heavy atom. The fourth-order valence-electron chi connectivity index (χ4n) is 2.47. The molecule has 1 aromatic carbocycles. The van der Waals surface area contributed by atoms with E-state index in [4.69, 9.17) is 34.1 Å². The molecular weight excluding hydrogens is 315 g/mol. The second-order valence-corrected chi connectivity index (χ2v) is 5.80. The van der Waals surface area contributed by atoms with Gasteiger partial charge in [0, 0.05) is 5.69 Å². The molecule has 0 spiro atoms. The quantitative estimate of drug-likeness (QED) is 0.296. The summed E-state index contributed by atoms with van der Waals surface area (Å²) in [5, 5.41) is 18.1. The standard InChI is InChI=1S/C13H16Cl2N4O2/c14-9-4-3-8(7-10(9)15)17-12(20)18-13(11(16)19-21)5-1-2-6-13/h3-4,7,21H,1-2,5-6H2,(H2,16,19)(H2,17,18,20). The number of amidine groups is 1. The van der Waals surface area contributed by atoms with Crippen molar-refractivity contribution < 1.29 is 10.0 Å². The van der Waals surface area contributed by atoms with Gasteiger partial charge in [0.25, 0.3) is 0 Å². The summed E-state index contributed by atoms with van der Waals surface area (Å²) in [6.45, 7) is 0. The van der Waals surface area contributed by atoms with Gasteiger partial charge >= 0.3 is 6.03 Å². The Balaban J connectivity index is 2.08. The van der Waals surface area contributed by atoms with Gasteiger partial charge in [-0.15, -0.1) is 0 Å². The molecule has 114 valence electrons. The van der Waals surface area contributed by atoms with E-state index in [1.54, 1.807) is 18.2 Å². The van der Waals surface area contributed by atoms with Gasteiger partial charge < -0.3 is 21.6 Å². The van der Waals surface area contributed by atoms with Crippen LogP contribution in [0.4, 0.5) is 10.5 Å². The molecule has 0 aliphatic heterocycles. The van der Waals surface area contributed by atoms with Crippen LogP contribution in [0.5, 0.6) is 0 Å². The largest absolute Gasteiger partial charge is 0.409 e. The number of nitrogens with zero attached hydrogens (tertiary/aromatic N) is 1. The average Bonchev–Trinajstić information content (AvgIpc) is 2.91. The maximum atomic E-state index is 12.1. The number of hydrogen-bond donors (Lipinski definition) is 4. The number of urea groups is 1. The van der Waals surface area contributed by atoms with Gasteiger partial charge in [0.1, 0.15) is 5.54 Å². The minimum atomic E-state index is -0.797. The SMILES string of the molecule is N/C(=N/O)C1(NC(=O)Nc2ccc(Cl)c(Cl)c2)CCCC1. The normalized spacial score (nSPS) is 17.5. The maximum Gasteiger partial charge on any atom is 0.320 e. The number of rotatable bonds is 3. The van der Waals surface area contributed by atoms with Crippen molar-refractivity contribution in [1.29, 1.82) is 0 Å². The molecule has 5 N–H and O–H groups in total. The Labute approximate surface area is 132 Å². The lowest BCUT2D eigenvalue weighted by atomic mass is 9.96. The minimum Gasteiger partial charge on any atom is -0.409 e. The summed E-state index contributed by atoms with van der Waals surface area (Å²) in [5.41, 5.74) is 5.43. The minimum absolute atomic E-state index is 0.0179. The molecule has 1 fully saturated rings. The highest BCUT2D eigenvalue weighted by Crippen LogP contribution is 2.30. The summed E-state index contributed by atoms with van der Waals surface area (Å²) in [5.74, 6) is 0.0179. The third-order valence-corrected chi connectivity index (χ3v) is 4.32. The molecule has 21 heavy (non-hydrogen) atoms. The molecule has 6 nitrogen and oxygen atoms in total. The lowest BCUT2D eigenvalue weighted by molar-refractivity contribution is 0.243. The highest BCUT2D eigenvalue weighted by atomic mass is 35.5. The van der Waals surface area contributed by atoms with Crippen LogP contribution in [-0.4, -0.2) is 22.6 Å². The number of carbonyl (C=O) groups excluding carboxylic acids is 1. The third kappa shape index (κ3) is 3.51. The van der Waals surface area contributed by atoms with E-state index >= 15 is 0 Å². The molecule has 0 heterocycles. The number of nitrogens with one attached hydrogen (secondary N) is 2. The van der Waals surface area contributed by atoms with Crippen molar-refractivity contribution in [3.63, 3.8) is 0 Å². The number of anilines is 1. The van der Waals surface area contributed by atoms with Crippen LogP contribution >= 0.6 is 23.2 Å². The molecule has 0 aromatic heterocycles. The lowest BCUT2D eigenvalue weighted by Gasteiger charge is -2.28. The van der Waals surface area contributed by atoms with Gasteiger partial charge in [0.2, 0.25) is 0 Å². The highest BCUT2D eigenvalue weighted by molar-refractivity contribution is 6.42. The van der Waals surface area contributed by atoms with Crippen LogP contribution in [0.2, 0.25) is 10.0 Å². The van der Waals surface area contributed by atoms with E-state index < -0.39 is 11.6 Å². The number of oxime groups is 1. The van der Waals surface area contributed by atoms with Gasteiger partial charge in [0.05, 0.1) is 10.0 Å². The van der Waals surface area contributed by atoms with Crippen LogP contribution < -0.4 is 16.4 Å². The first-order chi connectivity index (χ1) is 9.97. The summed E-state index contributed by atoms with van der Waals surface area (Å²) in [6.07, 6.45) is 3.09. The van der Waals surface area contributed by atoms with Crippen LogP contribution in [-0.2, 0) is 0 Å². The molecule has 2 rings (SSSR count). The smallest absolute Gasteiger partial charge is 0.320 e. The fourth-order valence-corrected chi connectivity index (χ4v) is 2.77. The predicted octanol–water partition coefficient (Wildman–Crippen LogP) is 3.17. The first-order valence-corrected chi connectivity index (χ1v) is 7.25. The van der Waals surface area contributed by atoms with Crippen LogP contribution in [0.15, 0.2) is 23.4 Å². The number of hydrogen-bond acceptors (Lipinski definition) is 3. The number of nitrogens with two attached hydrogens (primary N) is 1. The number of benzene rings is 1. The predicted molar refractivity (Wildman–Crippen MR) is 83.2 cm³/mol. The van der Waals surface area contributed by atoms with E-state index in [1.165, 1.54) is 0 Å². The summed E-state index contributed by atoms with van der Waals surface area (Å²) in [6, 6.07) is 4.34. The van der Waals surface area contributed by atoms with E-state index in [0.717, 1.165) is 12.8 Å². The van der Waals surface area contributed by atoms with Crippen LogP contribution in [0.25, 0.3) is 0 Å². The lowest BCUT2D eigenvalue weighted by Crippen LogP contribution is -2.56. The van der Waals surface area contributed by atoms with Crippen LogP contribution in [0, 0.1) is 0 Å². The zero-order chi connectivity index (χ0) is 15.5. The first kappa shape index (κ1) is 15.7. The van der Waals surface area contributed by atoms with Crippen molar-refractivity contribution in [2.24, 2.45) is 10.9 Å². The average molecular weight is 331 g/mol. The van der Waals surface area contributed by atoms with Gasteiger partial charge in [0.15, 0.2) is 5.84 Å². The molecule has 0 atom stereocenters. The summed E-state index contributed by atoms with van der Waals surface area (Å²) < 4.78 is 0. The second-order valence-electron chi connectivity index (χ2n) is 4.98. The topological polar surface area (TPSA) is 99.7 Å². The van der Waals surface area contributed by atoms with Crippen LogP contribution in [0.1, 0.15) is 25.7 Å². The molecule has 1 aromatic rings. The molecule has 0 radical (unpaired) electrons. The van der Waals surface area contributed by atoms with Crippen LogP contribution in [0.3, 0.4) is 0 Å². The zero-order valence-corrected chi connectivity index (χ0v) is 12.7. The van der Waals surface area contributed by atoms with E-state index in [2.05, 4.69) is 15.8 Å². The Morgan fingerprint density at radius 1 is 1.29 bits per heavy atom. The summed E-state index contributed by atoms with van der Waals surface area (Å²) >= 11 is 11.7. The molecule has 1 saturated carbocycles. The van der Waals surface area contributed by atoms with E-state index in [0.29, 0.717) is 28.6 Å². The molecule has 1 aliphatic carbocycles. The molecule has 2 amide bonds. The maximum absolute atomic E-state index is 12.1. The Hall–Kier alpha value is -1.66. The molecule has 8 heteroatoms. The number of carbonyl (C=O) groups is 1. The van der Waals surface area contributed by atoms with Crippen molar-refractivity contribution >= 4 is 40.8 Å². The van der Waals surface area contributed by atoms with Crippen molar-refractivity contribution in [3.8, 4) is 0 Å². The van der Waals surface area contributed by atoms with Gasteiger partial charge in [-0.05, 0) is 31.0 Å². The van der Waals surface area contributed by atoms with Gasteiger partial charge in [-0.2, -0.15) is 0 Å². The molecular formula is C13H16Cl2N4O2.